The molecule has 0 aliphatic carbocycles. The first-order valence-corrected chi connectivity index (χ1v) is 7.18. The lowest BCUT2D eigenvalue weighted by Crippen LogP contribution is -2.46. The van der Waals surface area contributed by atoms with Gasteiger partial charge >= 0.3 is 0 Å². The number of aliphatic hydroxyl groups excluding tert-OH is 1. The number of rotatable bonds is 5. The van der Waals surface area contributed by atoms with Crippen molar-refractivity contribution < 1.29 is 5.11 Å². The number of nitrogens with zero attached hydrogens (tertiary/aromatic N) is 3. The smallest absolute Gasteiger partial charge is 0.185 e. The molecule has 1 fully saturated rings. The zero-order valence-corrected chi connectivity index (χ0v) is 11.2. The first-order valence-electron chi connectivity index (χ1n) is 6.30. The van der Waals surface area contributed by atoms with E-state index in [0.717, 1.165) is 56.4 Å². The van der Waals surface area contributed by atoms with Crippen molar-refractivity contribution in [1.29, 1.82) is 0 Å². The van der Waals surface area contributed by atoms with Gasteiger partial charge < -0.3 is 10.0 Å². The van der Waals surface area contributed by atoms with Crippen LogP contribution in [0.25, 0.3) is 0 Å². The summed E-state index contributed by atoms with van der Waals surface area (Å²) in [6.45, 7) is 7.86. The summed E-state index contributed by atoms with van der Waals surface area (Å²) in [5, 5.41) is 12.0. The minimum Gasteiger partial charge on any atom is -0.396 e. The van der Waals surface area contributed by atoms with E-state index in [4.69, 9.17) is 5.11 Å². The second-order valence-corrected chi connectivity index (χ2v) is 5.37. The molecular weight excluding hydrogens is 234 g/mol. The van der Waals surface area contributed by atoms with Gasteiger partial charge in [0.2, 0.25) is 0 Å². The third kappa shape index (κ3) is 3.66. The Hall–Kier alpha value is -0.650. The third-order valence-corrected chi connectivity index (χ3v) is 4.15. The molecule has 1 aromatic rings. The molecule has 1 aliphatic heterocycles. The highest BCUT2D eigenvalue weighted by molar-refractivity contribution is 7.13. The number of aryl methyl sites for hydroxylation is 1. The number of aromatic nitrogens is 1. The molecule has 0 amide bonds. The van der Waals surface area contributed by atoms with Gasteiger partial charge in [-0.15, -0.1) is 11.3 Å². The summed E-state index contributed by atoms with van der Waals surface area (Å²) in [4.78, 5) is 9.38. The van der Waals surface area contributed by atoms with E-state index >= 15 is 0 Å². The Bertz CT molecular complexity index is 334. The van der Waals surface area contributed by atoms with Crippen LogP contribution in [0.15, 0.2) is 5.38 Å². The van der Waals surface area contributed by atoms with Crippen LogP contribution in [0.1, 0.15) is 18.5 Å². The van der Waals surface area contributed by atoms with Crippen LogP contribution in [0, 0.1) is 6.92 Å². The van der Waals surface area contributed by atoms with E-state index in [1.807, 2.05) is 6.92 Å². The molecule has 0 atom stereocenters. The van der Waals surface area contributed by atoms with Crippen molar-refractivity contribution in [2.75, 3.05) is 44.2 Å². The molecule has 1 N–H and O–H groups in total. The Morgan fingerprint density at radius 2 is 2.06 bits per heavy atom. The zero-order chi connectivity index (χ0) is 12.1. The van der Waals surface area contributed by atoms with E-state index in [1.165, 1.54) is 0 Å². The van der Waals surface area contributed by atoms with Gasteiger partial charge in [0.25, 0.3) is 0 Å². The third-order valence-electron chi connectivity index (χ3n) is 3.13. The van der Waals surface area contributed by atoms with Gasteiger partial charge in [0, 0.05) is 38.2 Å². The minimum absolute atomic E-state index is 0.318. The van der Waals surface area contributed by atoms with Crippen molar-refractivity contribution in [1.82, 2.24) is 9.88 Å². The minimum atomic E-state index is 0.318. The van der Waals surface area contributed by atoms with Crippen molar-refractivity contribution >= 4 is 16.5 Å². The molecule has 0 unspecified atom stereocenters. The Labute approximate surface area is 107 Å². The first kappa shape index (κ1) is 12.8. The topological polar surface area (TPSA) is 39.6 Å². The molecule has 2 heterocycles. The maximum atomic E-state index is 8.76. The van der Waals surface area contributed by atoms with Crippen molar-refractivity contribution in [2.24, 2.45) is 0 Å². The van der Waals surface area contributed by atoms with Crippen LogP contribution in [-0.2, 0) is 0 Å². The first-order chi connectivity index (χ1) is 8.29. The molecule has 5 heteroatoms. The largest absolute Gasteiger partial charge is 0.396 e. The van der Waals surface area contributed by atoms with E-state index in [1.54, 1.807) is 11.3 Å². The number of unbranched alkanes of at least 4 members (excludes halogenated alkanes) is 1. The number of hydrogen-bond acceptors (Lipinski definition) is 5. The molecule has 0 spiro atoms. The van der Waals surface area contributed by atoms with Crippen LogP contribution >= 0.6 is 11.3 Å². The monoisotopic (exact) mass is 255 g/mol. The summed E-state index contributed by atoms with van der Waals surface area (Å²) in [5.41, 5.74) is 1.12. The van der Waals surface area contributed by atoms with Gasteiger partial charge in [-0.2, -0.15) is 0 Å². The fourth-order valence-corrected chi connectivity index (χ4v) is 2.95. The summed E-state index contributed by atoms with van der Waals surface area (Å²) >= 11 is 1.74. The highest BCUT2D eigenvalue weighted by Gasteiger charge is 2.18. The van der Waals surface area contributed by atoms with Crippen LogP contribution in [-0.4, -0.2) is 54.3 Å². The lowest BCUT2D eigenvalue weighted by atomic mass is 10.2. The number of thiazole rings is 1. The van der Waals surface area contributed by atoms with E-state index in [-0.39, 0.29) is 0 Å². The van der Waals surface area contributed by atoms with E-state index in [0.29, 0.717) is 6.61 Å². The fourth-order valence-electron chi connectivity index (χ4n) is 2.10. The quantitative estimate of drug-likeness (QED) is 0.806. The van der Waals surface area contributed by atoms with Gasteiger partial charge in [-0.05, 0) is 26.3 Å². The maximum Gasteiger partial charge on any atom is 0.185 e. The summed E-state index contributed by atoms with van der Waals surface area (Å²) in [6.07, 6.45) is 2.03. The van der Waals surface area contributed by atoms with Gasteiger partial charge in [-0.3, -0.25) is 4.90 Å². The van der Waals surface area contributed by atoms with Gasteiger partial charge in [0.15, 0.2) is 5.13 Å². The van der Waals surface area contributed by atoms with E-state index < -0.39 is 0 Å². The molecule has 96 valence electrons. The lowest BCUT2D eigenvalue weighted by molar-refractivity contribution is 0.232. The Kier molecular flexibility index (Phi) is 4.76. The average molecular weight is 255 g/mol. The normalized spacial score (nSPS) is 17.6. The molecule has 0 radical (unpaired) electrons. The highest BCUT2D eigenvalue weighted by atomic mass is 32.1. The standard InChI is InChI=1S/C12H21N3OS/c1-11-10-17-12(13-11)15-7-5-14(6-8-15)4-2-3-9-16/h10,16H,2-9H2,1H3. The Balaban J connectivity index is 1.74. The molecule has 0 bridgehead atoms. The Morgan fingerprint density at radius 3 is 2.65 bits per heavy atom. The molecule has 1 aromatic heterocycles. The fraction of sp³-hybridized carbons (Fsp3) is 0.750. The zero-order valence-electron chi connectivity index (χ0n) is 10.4. The summed E-state index contributed by atoms with van der Waals surface area (Å²) in [5.74, 6) is 0. The maximum absolute atomic E-state index is 8.76. The molecule has 1 aliphatic rings. The molecular formula is C12H21N3OS. The summed E-state index contributed by atoms with van der Waals surface area (Å²) in [6, 6.07) is 0. The van der Waals surface area contributed by atoms with Crippen LogP contribution in [0.5, 0.6) is 0 Å². The van der Waals surface area contributed by atoms with Gasteiger partial charge in [0.1, 0.15) is 0 Å². The average Bonchev–Trinajstić information content (AvgIpc) is 2.77. The van der Waals surface area contributed by atoms with Crippen LogP contribution in [0.2, 0.25) is 0 Å². The molecule has 1 saturated heterocycles. The number of hydrogen-bond donors (Lipinski definition) is 1. The molecule has 17 heavy (non-hydrogen) atoms. The second-order valence-electron chi connectivity index (χ2n) is 4.53. The predicted molar refractivity (Wildman–Crippen MR) is 71.8 cm³/mol. The Morgan fingerprint density at radius 1 is 1.29 bits per heavy atom. The molecule has 0 saturated carbocycles. The summed E-state index contributed by atoms with van der Waals surface area (Å²) in [7, 11) is 0. The van der Waals surface area contributed by atoms with E-state index in [9.17, 15) is 0 Å². The lowest BCUT2D eigenvalue weighted by Gasteiger charge is -2.34. The van der Waals surface area contributed by atoms with Gasteiger partial charge in [-0.1, -0.05) is 0 Å². The van der Waals surface area contributed by atoms with E-state index in [2.05, 4.69) is 20.2 Å². The number of aliphatic hydroxyl groups is 1. The SMILES string of the molecule is Cc1csc(N2CCN(CCCCO)CC2)n1. The molecule has 4 nitrogen and oxygen atoms in total. The summed E-state index contributed by atoms with van der Waals surface area (Å²) < 4.78 is 0. The van der Waals surface area contributed by atoms with Crippen LogP contribution in [0.4, 0.5) is 5.13 Å². The van der Waals surface area contributed by atoms with Crippen molar-refractivity contribution in [3.63, 3.8) is 0 Å². The van der Waals surface area contributed by atoms with Gasteiger partial charge in [0.05, 0.1) is 5.69 Å². The second kappa shape index (κ2) is 6.33. The number of anilines is 1. The molecule has 0 aromatic carbocycles. The predicted octanol–water partition coefficient (Wildman–Crippen LogP) is 1.35. The van der Waals surface area contributed by atoms with Crippen LogP contribution in [0.3, 0.4) is 0 Å². The molecule has 2 rings (SSSR count). The van der Waals surface area contributed by atoms with Crippen molar-refractivity contribution in [3.05, 3.63) is 11.1 Å². The van der Waals surface area contributed by atoms with Crippen molar-refractivity contribution in [2.45, 2.75) is 19.8 Å². The highest BCUT2D eigenvalue weighted by Crippen LogP contribution is 2.21. The van der Waals surface area contributed by atoms with Crippen LogP contribution < -0.4 is 4.90 Å². The van der Waals surface area contributed by atoms with Gasteiger partial charge in [-0.25, -0.2) is 4.98 Å². The number of piperazine rings is 1. The van der Waals surface area contributed by atoms with Crippen molar-refractivity contribution in [3.8, 4) is 0 Å².